The van der Waals surface area contributed by atoms with Gasteiger partial charge in [0.15, 0.2) is 0 Å². The number of nitrogens with one attached hydrogen (secondary N) is 1. The molecule has 1 aliphatic rings. The van der Waals surface area contributed by atoms with Crippen LogP contribution < -0.4 is 10.1 Å². The molecule has 2 heterocycles. The van der Waals surface area contributed by atoms with Crippen molar-refractivity contribution in [2.75, 3.05) is 19.7 Å². The van der Waals surface area contributed by atoms with Gasteiger partial charge in [0.05, 0.1) is 0 Å². The average molecular weight is 178 g/mol. The second-order valence-corrected chi connectivity index (χ2v) is 3.27. The lowest BCUT2D eigenvalue weighted by Crippen LogP contribution is -2.26. The van der Waals surface area contributed by atoms with E-state index in [2.05, 4.69) is 16.4 Å². The maximum absolute atomic E-state index is 5.54. The maximum atomic E-state index is 5.54. The lowest BCUT2D eigenvalue weighted by atomic mass is 10.2. The molecule has 0 fully saturated rings. The van der Waals surface area contributed by atoms with Crippen LogP contribution in [-0.2, 0) is 6.42 Å². The van der Waals surface area contributed by atoms with Crippen molar-refractivity contribution in [3.8, 4) is 5.88 Å². The van der Waals surface area contributed by atoms with Crippen LogP contribution in [0.25, 0.3) is 0 Å². The Morgan fingerprint density at radius 1 is 1.38 bits per heavy atom. The van der Waals surface area contributed by atoms with Gasteiger partial charge in [-0.2, -0.15) is 0 Å². The highest BCUT2D eigenvalue weighted by Gasteiger charge is 2.07. The van der Waals surface area contributed by atoms with Crippen molar-refractivity contribution in [1.29, 1.82) is 0 Å². The average Bonchev–Trinajstić information content (AvgIpc) is 2.08. The minimum atomic E-state index is 0.712. The molecule has 0 unspecified atom stereocenters. The lowest BCUT2D eigenvalue weighted by Gasteiger charge is -2.15. The summed E-state index contributed by atoms with van der Waals surface area (Å²) in [7, 11) is 0. The molecule has 0 spiro atoms. The molecule has 0 aromatic carbocycles. The third-order valence-corrected chi connectivity index (χ3v) is 2.17. The number of fused-ring (bicyclic) bond motifs is 1. The third-order valence-electron chi connectivity index (χ3n) is 2.17. The molecule has 0 bridgehead atoms. The molecular formula is C10H14N2O. The van der Waals surface area contributed by atoms with Crippen LogP contribution in [0, 0.1) is 6.92 Å². The second-order valence-electron chi connectivity index (χ2n) is 3.27. The second kappa shape index (κ2) is 3.75. The number of aryl methyl sites for hydroxylation is 1. The van der Waals surface area contributed by atoms with E-state index >= 15 is 0 Å². The Morgan fingerprint density at radius 2 is 2.31 bits per heavy atom. The Balaban J connectivity index is 2.28. The van der Waals surface area contributed by atoms with E-state index in [4.69, 9.17) is 4.74 Å². The zero-order valence-corrected chi connectivity index (χ0v) is 7.84. The highest BCUT2D eigenvalue weighted by molar-refractivity contribution is 5.28. The summed E-state index contributed by atoms with van der Waals surface area (Å²) in [6, 6.07) is 4.13. The van der Waals surface area contributed by atoms with E-state index in [-0.39, 0.29) is 0 Å². The number of pyridine rings is 1. The summed E-state index contributed by atoms with van der Waals surface area (Å²) in [6.07, 6.45) is 1.00. The molecule has 0 atom stereocenters. The first kappa shape index (κ1) is 8.51. The number of nitrogens with zero attached hydrogens (tertiary/aromatic N) is 1. The first-order chi connectivity index (χ1) is 6.36. The van der Waals surface area contributed by atoms with E-state index < -0.39 is 0 Å². The molecule has 0 radical (unpaired) electrons. The molecule has 1 N–H and O–H groups in total. The molecule has 3 heteroatoms. The van der Waals surface area contributed by atoms with Crippen molar-refractivity contribution in [3.05, 3.63) is 23.4 Å². The normalized spacial score (nSPS) is 16.7. The van der Waals surface area contributed by atoms with Gasteiger partial charge in [0.1, 0.15) is 6.61 Å². The van der Waals surface area contributed by atoms with Crippen LogP contribution in [0.1, 0.15) is 11.3 Å². The number of hydrogen-bond donors (Lipinski definition) is 1. The molecule has 1 aliphatic heterocycles. The Kier molecular flexibility index (Phi) is 2.45. The number of hydrogen-bond acceptors (Lipinski definition) is 3. The van der Waals surface area contributed by atoms with Gasteiger partial charge in [-0.15, -0.1) is 0 Å². The SMILES string of the molecule is Cc1ccc2c(n1)OCCNCC2. The van der Waals surface area contributed by atoms with Crippen LogP contribution >= 0.6 is 0 Å². The van der Waals surface area contributed by atoms with E-state index in [0.29, 0.717) is 6.61 Å². The van der Waals surface area contributed by atoms with Crippen molar-refractivity contribution < 1.29 is 4.74 Å². The largest absolute Gasteiger partial charge is 0.476 e. The summed E-state index contributed by atoms with van der Waals surface area (Å²) >= 11 is 0. The topological polar surface area (TPSA) is 34.1 Å². The van der Waals surface area contributed by atoms with Crippen LogP contribution in [0.15, 0.2) is 12.1 Å². The quantitative estimate of drug-likeness (QED) is 0.641. The van der Waals surface area contributed by atoms with Crippen molar-refractivity contribution >= 4 is 0 Å². The maximum Gasteiger partial charge on any atom is 0.216 e. The molecule has 1 aromatic heterocycles. The summed E-state index contributed by atoms with van der Waals surface area (Å²) in [4.78, 5) is 4.37. The molecule has 2 rings (SSSR count). The van der Waals surface area contributed by atoms with Gasteiger partial charge in [-0.3, -0.25) is 0 Å². The van der Waals surface area contributed by atoms with E-state index in [1.54, 1.807) is 0 Å². The summed E-state index contributed by atoms with van der Waals surface area (Å²) in [5.74, 6) is 0.821. The highest BCUT2D eigenvalue weighted by Crippen LogP contribution is 2.17. The van der Waals surface area contributed by atoms with Gasteiger partial charge < -0.3 is 10.1 Å². The van der Waals surface area contributed by atoms with E-state index in [1.807, 2.05) is 13.0 Å². The molecule has 13 heavy (non-hydrogen) atoms. The molecular weight excluding hydrogens is 164 g/mol. The van der Waals surface area contributed by atoms with Gasteiger partial charge in [-0.05, 0) is 26.0 Å². The first-order valence-corrected chi connectivity index (χ1v) is 4.66. The molecule has 0 amide bonds. The third kappa shape index (κ3) is 1.98. The Morgan fingerprint density at radius 3 is 3.23 bits per heavy atom. The lowest BCUT2D eigenvalue weighted by molar-refractivity contribution is 0.291. The van der Waals surface area contributed by atoms with Crippen LogP contribution in [0.4, 0.5) is 0 Å². The van der Waals surface area contributed by atoms with Gasteiger partial charge in [-0.1, -0.05) is 6.07 Å². The fourth-order valence-corrected chi connectivity index (χ4v) is 1.44. The molecule has 0 aliphatic carbocycles. The Hall–Kier alpha value is -1.09. The van der Waals surface area contributed by atoms with Crippen molar-refractivity contribution in [2.24, 2.45) is 0 Å². The van der Waals surface area contributed by atoms with Crippen molar-refractivity contribution in [1.82, 2.24) is 10.3 Å². The van der Waals surface area contributed by atoms with Crippen LogP contribution in [-0.4, -0.2) is 24.7 Å². The minimum Gasteiger partial charge on any atom is -0.476 e. The standard InChI is InChI=1S/C10H14N2O/c1-8-2-3-9-4-5-11-6-7-13-10(9)12-8/h2-3,11H,4-7H2,1H3. The summed E-state index contributed by atoms with van der Waals surface area (Å²) in [6.45, 7) is 4.63. The van der Waals surface area contributed by atoms with Gasteiger partial charge in [0, 0.05) is 17.8 Å². The first-order valence-electron chi connectivity index (χ1n) is 4.66. The zero-order chi connectivity index (χ0) is 9.10. The summed E-state index contributed by atoms with van der Waals surface area (Å²) < 4.78 is 5.54. The van der Waals surface area contributed by atoms with Crippen molar-refractivity contribution in [2.45, 2.75) is 13.3 Å². The summed E-state index contributed by atoms with van der Waals surface area (Å²) in [5, 5.41) is 3.29. The van der Waals surface area contributed by atoms with Crippen LogP contribution in [0.3, 0.4) is 0 Å². The van der Waals surface area contributed by atoms with Crippen LogP contribution in [0.5, 0.6) is 5.88 Å². The fourth-order valence-electron chi connectivity index (χ4n) is 1.44. The number of rotatable bonds is 0. The zero-order valence-electron chi connectivity index (χ0n) is 7.84. The Labute approximate surface area is 78.1 Å². The molecule has 0 saturated heterocycles. The monoisotopic (exact) mass is 178 g/mol. The van der Waals surface area contributed by atoms with E-state index in [0.717, 1.165) is 31.1 Å². The minimum absolute atomic E-state index is 0.712. The Bertz CT molecular complexity index is 299. The van der Waals surface area contributed by atoms with Gasteiger partial charge >= 0.3 is 0 Å². The van der Waals surface area contributed by atoms with Crippen molar-refractivity contribution in [3.63, 3.8) is 0 Å². The number of aromatic nitrogens is 1. The van der Waals surface area contributed by atoms with E-state index in [1.165, 1.54) is 5.56 Å². The van der Waals surface area contributed by atoms with E-state index in [9.17, 15) is 0 Å². The van der Waals surface area contributed by atoms with Gasteiger partial charge in [0.2, 0.25) is 5.88 Å². The predicted molar refractivity (Wildman–Crippen MR) is 51.0 cm³/mol. The van der Waals surface area contributed by atoms with Gasteiger partial charge in [0.25, 0.3) is 0 Å². The molecule has 70 valence electrons. The van der Waals surface area contributed by atoms with Crippen LogP contribution in [0.2, 0.25) is 0 Å². The molecule has 0 saturated carbocycles. The molecule has 1 aromatic rings. The predicted octanol–water partition coefficient (Wildman–Crippen LogP) is 0.915. The highest BCUT2D eigenvalue weighted by atomic mass is 16.5. The van der Waals surface area contributed by atoms with Gasteiger partial charge in [-0.25, -0.2) is 4.98 Å². The molecule has 3 nitrogen and oxygen atoms in total. The fraction of sp³-hybridized carbons (Fsp3) is 0.500. The number of ether oxygens (including phenoxy) is 1. The smallest absolute Gasteiger partial charge is 0.216 e. The summed E-state index contributed by atoms with van der Waals surface area (Å²) in [5.41, 5.74) is 2.23.